The summed E-state index contributed by atoms with van der Waals surface area (Å²) in [5.74, 6) is 0.473. The van der Waals surface area contributed by atoms with Gasteiger partial charge in [-0.15, -0.1) is 0 Å². The van der Waals surface area contributed by atoms with E-state index in [-0.39, 0.29) is 17.2 Å². The molecule has 8 heteroatoms. The Morgan fingerprint density at radius 2 is 1.81 bits per heavy atom. The van der Waals surface area contributed by atoms with Crippen LogP contribution in [0.3, 0.4) is 0 Å². The number of piperidine rings is 1. The molecule has 0 unspecified atom stereocenters. The second-order valence-electron chi connectivity index (χ2n) is 7.83. The number of benzene rings is 2. The molecule has 1 saturated heterocycles. The van der Waals surface area contributed by atoms with Gasteiger partial charge < -0.3 is 14.8 Å². The van der Waals surface area contributed by atoms with Crippen LogP contribution >= 0.6 is 0 Å². The minimum atomic E-state index is -3.53. The number of carbonyl (C=O) groups is 1. The first-order chi connectivity index (χ1) is 15.5. The Morgan fingerprint density at radius 3 is 2.53 bits per heavy atom. The molecule has 0 bridgehead atoms. The zero-order valence-electron chi connectivity index (χ0n) is 18.6. The fourth-order valence-corrected chi connectivity index (χ4v) is 5.30. The standard InChI is InChI=1S/C24H32N2O5S/c1-30-23-12-11-22(32(28,29)26-15-6-3-7-16-26)18-21(23)10-13-24(27)25-14-17-31-19-20-8-4-2-5-9-20/h2,4-5,8-9,11-12,18H,3,6-7,10,13-17,19H2,1H3,(H,25,27). The number of hydrogen-bond donors (Lipinski definition) is 1. The van der Waals surface area contributed by atoms with E-state index in [1.54, 1.807) is 29.6 Å². The van der Waals surface area contributed by atoms with E-state index in [9.17, 15) is 13.2 Å². The van der Waals surface area contributed by atoms with Gasteiger partial charge in [0, 0.05) is 26.1 Å². The van der Waals surface area contributed by atoms with Gasteiger partial charge in [0.25, 0.3) is 0 Å². The predicted octanol–water partition coefficient (Wildman–Crippen LogP) is 3.14. The van der Waals surface area contributed by atoms with Crippen LogP contribution in [0.2, 0.25) is 0 Å². The summed E-state index contributed by atoms with van der Waals surface area (Å²) in [6, 6.07) is 14.7. The molecule has 0 radical (unpaired) electrons. The predicted molar refractivity (Wildman–Crippen MR) is 123 cm³/mol. The summed E-state index contributed by atoms with van der Waals surface area (Å²) >= 11 is 0. The van der Waals surface area contributed by atoms with Crippen LogP contribution < -0.4 is 10.1 Å². The quantitative estimate of drug-likeness (QED) is 0.521. The molecule has 1 aliphatic heterocycles. The Balaban J connectivity index is 1.50. The summed E-state index contributed by atoms with van der Waals surface area (Å²) in [5.41, 5.74) is 1.80. The molecular weight excluding hydrogens is 428 g/mol. The molecule has 3 rings (SSSR count). The second-order valence-corrected chi connectivity index (χ2v) is 9.76. The lowest BCUT2D eigenvalue weighted by Gasteiger charge is -2.26. The topological polar surface area (TPSA) is 84.9 Å². The highest BCUT2D eigenvalue weighted by molar-refractivity contribution is 7.89. The molecule has 32 heavy (non-hydrogen) atoms. The minimum Gasteiger partial charge on any atom is -0.496 e. The number of sulfonamides is 1. The van der Waals surface area contributed by atoms with Crippen molar-refractivity contribution >= 4 is 15.9 Å². The van der Waals surface area contributed by atoms with Crippen LogP contribution in [0.4, 0.5) is 0 Å². The number of amides is 1. The first kappa shape index (κ1) is 24.2. The van der Waals surface area contributed by atoms with Gasteiger partial charge in [0.1, 0.15) is 5.75 Å². The Morgan fingerprint density at radius 1 is 1.06 bits per heavy atom. The van der Waals surface area contributed by atoms with Crippen LogP contribution in [-0.2, 0) is 32.6 Å². The van der Waals surface area contributed by atoms with Gasteiger partial charge in [-0.3, -0.25) is 4.79 Å². The van der Waals surface area contributed by atoms with Crippen molar-refractivity contribution in [2.24, 2.45) is 0 Å². The highest BCUT2D eigenvalue weighted by atomic mass is 32.2. The van der Waals surface area contributed by atoms with Crippen molar-refractivity contribution in [2.45, 2.75) is 43.6 Å². The molecule has 0 aromatic heterocycles. The smallest absolute Gasteiger partial charge is 0.243 e. The van der Waals surface area contributed by atoms with E-state index in [0.29, 0.717) is 50.6 Å². The maximum atomic E-state index is 13.0. The maximum Gasteiger partial charge on any atom is 0.243 e. The Bertz CT molecular complexity index is 973. The number of nitrogens with zero attached hydrogens (tertiary/aromatic N) is 1. The summed E-state index contributed by atoms with van der Waals surface area (Å²) < 4.78 is 38.5. The fraction of sp³-hybridized carbons (Fsp3) is 0.458. The van der Waals surface area contributed by atoms with Crippen molar-refractivity contribution in [3.63, 3.8) is 0 Å². The molecule has 0 saturated carbocycles. The summed E-state index contributed by atoms with van der Waals surface area (Å²) in [7, 11) is -1.99. The third kappa shape index (κ3) is 6.79. The normalized spacial score (nSPS) is 14.8. The first-order valence-electron chi connectivity index (χ1n) is 11.1. The molecule has 1 fully saturated rings. The van der Waals surface area contributed by atoms with Crippen molar-refractivity contribution in [3.8, 4) is 5.75 Å². The zero-order chi connectivity index (χ0) is 22.8. The number of rotatable bonds is 11. The van der Waals surface area contributed by atoms with E-state index in [4.69, 9.17) is 9.47 Å². The molecule has 7 nitrogen and oxygen atoms in total. The van der Waals surface area contributed by atoms with Gasteiger partial charge in [-0.2, -0.15) is 4.31 Å². The summed E-state index contributed by atoms with van der Waals surface area (Å²) in [5, 5.41) is 2.84. The lowest BCUT2D eigenvalue weighted by Crippen LogP contribution is -2.35. The summed E-state index contributed by atoms with van der Waals surface area (Å²) in [6.07, 6.45) is 3.47. The van der Waals surface area contributed by atoms with Crippen LogP contribution in [-0.4, -0.2) is 52.0 Å². The van der Waals surface area contributed by atoms with E-state index < -0.39 is 10.0 Å². The van der Waals surface area contributed by atoms with Gasteiger partial charge in [-0.25, -0.2) is 8.42 Å². The van der Waals surface area contributed by atoms with E-state index in [1.165, 1.54) is 0 Å². The monoisotopic (exact) mass is 460 g/mol. The lowest BCUT2D eigenvalue weighted by atomic mass is 10.1. The van der Waals surface area contributed by atoms with Crippen LogP contribution in [0.1, 0.15) is 36.8 Å². The molecule has 174 valence electrons. The zero-order valence-corrected chi connectivity index (χ0v) is 19.4. The summed E-state index contributed by atoms with van der Waals surface area (Å²) in [6.45, 7) is 2.46. The van der Waals surface area contributed by atoms with E-state index in [0.717, 1.165) is 24.8 Å². The largest absolute Gasteiger partial charge is 0.496 e. The van der Waals surface area contributed by atoms with Crippen LogP contribution in [0, 0.1) is 0 Å². The van der Waals surface area contributed by atoms with E-state index in [2.05, 4.69) is 5.32 Å². The van der Waals surface area contributed by atoms with Gasteiger partial charge in [-0.05, 0) is 48.6 Å². The molecule has 0 atom stereocenters. The minimum absolute atomic E-state index is 0.111. The van der Waals surface area contributed by atoms with Crippen molar-refractivity contribution in [1.82, 2.24) is 9.62 Å². The highest BCUT2D eigenvalue weighted by Gasteiger charge is 2.26. The third-order valence-corrected chi connectivity index (χ3v) is 7.40. The molecular formula is C24H32N2O5S. The van der Waals surface area contributed by atoms with Gasteiger partial charge in [0.05, 0.1) is 25.2 Å². The molecule has 0 aliphatic carbocycles. The number of hydrogen-bond acceptors (Lipinski definition) is 5. The van der Waals surface area contributed by atoms with Crippen LogP contribution in [0.25, 0.3) is 0 Å². The number of aryl methyl sites for hydroxylation is 1. The molecule has 1 heterocycles. The van der Waals surface area contributed by atoms with Crippen molar-refractivity contribution in [1.29, 1.82) is 0 Å². The van der Waals surface area contributed by atoms with Gasteiger partial charge in [-0.1, -0.05) is 36.8 Å². The third-order valence-electron chi connectivity index (χ3n) is 5.51. The summed E-state index contributed by atoms with van der Waals surface area (Å²) in [4.78, 5) is 12.5. The molecule has 1 N–H and O–H groups in total. The maximum absolute atomic E-state index is 13.0. The van der Waals surface area contributed by atoms with Gasteiger partial charge in [0.15, 0.2) is 0 Å². The average Bonchev–Trinajstić information content (AvgIpc) is 2.83. The number of methoxy groups -OCH3 is 1. The van der Waals surface area contributed by atoms with Gasteiger partial charge >= 0.3 is 0 Å². The number of nitrogens with one attached hydrogen (secondary N) is 1. The van der Waals surface area contributed by atoms with E-state index in [1.807, 2.05) is 30.3 Å². The molecule has 2 aromatic rings. The number of ether oxygens (including phenoxy) is 2. The second kappa shape index (κ2) is 12.0. The molecule has 0 spiro atoms. The Labute approximate surface area is 190 Å². The Hall–Kier alpha value is -2.42. The average molecular weight is 461 g/mol. The Kier molecular flexibility index (Phi) is 9.08. The fourth-order valence-electron chi connectivity index (χ4n) is 3.73. The van der Waals surface area contributed by atoms with Crippen LogP contribution in [0.5, 0.6) is 5.75 Å². The molecule has 1 aliphatic rings. The number of carbonyl (C=O) groups excluding carboxylic acids is 1. The van der Waals surface area contributed by atoms with Crippen molar-refractivity contribution in [3.05, 3.63) is 59.7 Å². The lowest BCUT2D eigenvalue weighted by molar-refractivity contribution is -0.121. The highest BCUT2D eigenvalue weighted by Crippen LogP contribution is 2.27. The van der Waals surface area contributed by atoms with Crippen LogP contribution in [0.15, 0.2) is 53.4 Å². The SMILES string of the molecule is COc1ccc(S(=O)(=O)N2CCCCC2)cc1CCC(=O)NCCOCc1ccccc1. The first-order valence-corrected chi connectivity index (χ1v) is 12.5. The molecule has 2 aromatic carbocycles. The van der Waals surface area contributed by atoms with E-state index >= 15 is 0 Å². The molecule has 1 amide bonds. The van der Waals surface area contributed by atoms with Crippen molar-refractivity contribution < 1.29 is 22.7 Å². The van der Waals surface area contributed by atoms with Gasteiger partial charge in [0.2, 0.25) is 15.9 Å². The van der Waals surface area contributed by atoms with Crippen molar-refractivity contribution in [2.75, 3.05) is 33.4 Å².